The lowest BCUT2D eigenvalue weighted by atomic mass is 9.84. The summed E-state index contributed by atoms with van der Waals surface area (Å²) in [5.74, 6) is 0.519. The second-order valence-electron chi connectivity index (χ2n) is 4.13. The van der Waals surface area contributed by atoms with Crippen LogP contribution in [0.3, 0.4) is 0 Å². The summed E-state index contributed by atoms with van der Waals surface area (Å²) in [7, 11) is 0. The lowest BCUT2D eigenvalue weighted by molar-refractivity contribution is -0.121. The number of aldehydes is 1. The zero-order chi connectivity index (χ0) is 12.8. The van der Waals surface area contributed by atoms with Gasteiger partial charge in [0.15, 0.2) is 11.9 Å². The fraction of sp³-hybridized carbons (Fsp3) is 0.0714. The lowest BCUT2D eigenvalue weighted by Gasteiger charge is -2.31. The van der Waals surface area contributed by atoms with E-state index in [0.717, 1.165) is 0 Å². The van der Waals surface area contributed by atoms with Gasteiger partial charge >= 0.3 is 0 Å². The summed E-state index contributed by atoms with van der Waals surface area (Å²) < 4.78 is 5.58. The second-order valence-corrected chi connectivity index (χ2v) is 4.13. The highest BCUT2D eigenvalue weighted by atomic mass is 16.5. The van der Waals surface area contributed by atoms with Crippen LogP contribution in [0, 0.1) is 0 Å². The first-order valence-corrected chi connectivity index (χ1v) is 5.45. The summed E-state index contributed by atoms with van der Waals surface area (Å²) in [5.41, 5.74) is -1.47. The van der Waals surface area contributed by atoms with Crippen molar-refractivity contribution in [2.45, 2.75) is 5.60 Å². The third-order valence-corrected chi connectivity index (χ3v) is 3.07. The van der Waals surface area contributed by atoms with Crippen molar-refractivity contribution in [3.8, 4) is 17.2 Å². The van der Waals surface area contributed by atoms with Crippen molar-refractivity contribution in [1.29, 1.82) is 0 Å². The third kappa shape index (κ3) is 1.26. The van der Waals surface area contributed by atoms with E-state index in [1.54, 1.807) is 36.4 Å². The fourth-order valence-electron chi connectivity index (χ4n) is 2.23. The normalized spacial score (nSPS) is 20.5. The number of phenols is 1. The molecule has 0 radical (unpaired) electrons. The standard InChI is InChI=1S/C14H10O4/c15-8-14(17)9-4-1-2-6-11(9)18-12-7-3-5-10(16)13(12)14/h1-8,16-17H. The van der Waals surface area contributed by atoms with Crippen molar-refractivity contribution in [1.82, 2.24) is 0 Å². The van der Waals surface area contributed by atoms with Crippen molar-refractivity contribution in [2.24, 2.45) is 0 Å². The zero-order valence-corrected chi connectivity index (χ0v) is 9.33. The van der Waals surface area contributed by atoms with Crippen LogP contribution in [0.4, 0.5) is 0 Å². The van der Waals surface area contributed by atoms with Crippen LogP contribution in [0.2, 0.25) is 0 Å². The van der Waals surface area contributed by atoms with E-state index in [2.05, 4.69) is 0 Å². The number of para-hydroxylation sites is 1. The minimum Gasteiger partial charge on any atom is -0.507 e. The van der Waals surface area contributed by atoms with Gasteiger partial charge in [0.1, 0.15) is 17.2 Å². The molecule has 0 saturated heterocycles. The first-order valence-electron chi connectivity index (χ1n) is 5.45. The van der Waals surface area contributed by atoms with E-state index in [0.29, 0.717) is 17.6 Å². The highest BCUT2D eigenvalue weighted by Crippen LogP contribution is 2.48. The van der Waals surface area contributed by atoms with Gasteiger partial charge in [0.25, 0.3) is 0 Å². The number of carbonyl (C=O) groups excluding carboxylic acids is 1. The van der Waals surface area contributed by atoms with Gasteiger partial charge in [-0.2, -0.15) is 0 Å². The van der Waals surface area contributed by atoms with Gasteiger partial charge in [0, 0.05) is 5.56 Å². The Morgan fingerprint density at radius 1 is 1.06 bits per heavy atom. The molecule has 1 aliphatic rings. The van der Waals surface area contributed by atoms with Crippen LogP contribution in [0.15, 0.2) is 42.5 Å². The SMILES string of the molecule is O=CC1(O)c2ccccc2Oc2cccc(O)c21. The van der Waals surface area contributed by atoms with Gasteiger partial charge in [-0.05, 0) is 18.2 Å². The van der Waals surface area contributed by atoms with Crippen LogP contribution >= 0.6 is 0 Å². The molecule has 0 spiro atoms. The van der Waals surface area contributed by atoms with Gasteiger partial charge < -0.3 is 14.9 Å². The van der Waals surface area contributed by atoms with Gasteiger partial charge in [-0.25, -0.2) is 0 Å². The quantitative estimate of drug-likeness (QED) is 0.750. The molecule has 0 aliphatic carbocycles. The van der Waals surface area contributed by atoms with E-state index in [9.17, 15) is 15.0 Å². The van der Waals surface area contributed by atoms with Crippen LogP contribution in [-0.4, -0.2) is 16.5 Å². The molecular formula is C14H10O4. The molecule has 0 fully saturated rings. The number of aromatic hydroxyl groups is 1. The zero-order valence-electron chi connectivity index (χ0n) is 9.33. The Morgan fingerprint density at radius 2 is 1.78 bits per heavy atom. The Kier molecular flexibility index (Phi) is 2.15. The van der Waals surface area contributed by atoms with Gasteiger partial charge in [0.05, 0.1) is 5.56 Å². The molecule has 2 aromatic rings. The number of phenolic OH excluding ortho intramolecular Hbond substituents is 1. The predicted octanol–water partition coefficient (Wildman–Crippen LogP) is 1.93. The van der Waals surface area contributed by atoms with Crippen molar-refractivity contribution >= 4 is 6.29 Å². The molecule has 1 unspecified atom stereocenters. The maximum absolute atomic E-state index is 11.3. The number of carbonyl (C=O) groups is 1. The molecule has 1 heterocycles. The molecule has 3 rings (SSSR count). The van der Waals surface area contributed by atoms with Crippen LogP contribution in [0.5, 0.6) is 17.2 Å². The Labute approximate surface area is 103 Å². The molecule has 18 heavy (non-hydrogen) atoms. The Morgan fingerprint density at radius 3 is 2.56 bits per heavy atom. The predicted molar refractivity (Wildman–Crippen MR) is 63.7 cm³/mol. The summed E-state index contributed by atoms with van der Waals surface area (Å²) in [6.45, 7) is 0. The summed E-state index contributed by atoms with van der Waals surface area (Å²) in [6, 6.07) is 11.3. The highest BCUT2D eigenvalue weighted by Gasteiger charge is 2.42. The monoisotopic (exact) mass is 242 g/mol. The molecule has 1 atom stereocenters. The summed E-state index contributed by atoms with van der Waals surface area (Å²) in [4.78, 5) is 11.3. The number of ether oxygens (including phenoxy) is 1. The molecule has 0 amide bonds. The van der Waals surface area contributed by atoms with E-state index in [1.807, 2.05) is 0 Å². The maximum Gasteiger partial charge on any atom is 0.181 e. The minimum atomic E-state index is -1.88. The van der Waals surface area contributed by atoms with Crippen molar-refractivity contribution in [3.63, 3.8) is 0 Å². The number of rotatable bonds is 1. The van der Waals surface area contributed by atoms with Crippen LogP contribution in [-0.2, 0) is 10.4 Å². The topological polar surface area (TPSA) is 66.8 Å². The van der Waals surface area contributed by atoms with Gasteiger partial charge in [-0.3, -0.25) is 4.79 Å². The summed E-state index contributed by atoms with van der Waals surface area (Å²) in [6.07, 6.45) is 0.410. The Hall–Kier alpha value is -2.33. The number of hydrogen-bond donors (Lipinski definition) is 2. The average molecular weight is 242 g/mol. The molecule has 0 bridgehead atoms. The van der Waals surface area contributed by atoms with Gasteiger partial charge in [-0.1, -0.05) is 24.3 Å². The molecule has 0 aromatic heterocycles. The molecular weight excluding hydrogens is 232 g/mol. The number of hydrogen-bond acceptors (Lipinski definition) is 4. The second kappa shape index (κ2) is 3.58. The molecule has 0 saturated carbocycles. The largest absolute Gasteiger partial charge is 0.507 e. The number of benzene rings is 2. The van der Waals surface area contributed by atoms with E-state index in [1.165, 1.54) is 6.07 Å². The number of aliphatic hydroxyl groups is 1. The van der Waals surface area contributed by atoms with E-state index >= 15 is 0 Å². The summed E-state index contributed by atoms with van der Waals surface area (Å²) >= 11 is 0. The Balaban J connectivity index is 2.36. The van der Waals surface area contributed by atoms with Crippen molar-refractivity contribution in [2.75, 3.05) is 0 Å². The third-order valence-electron chi connectivity index (χ3n) is 3.07. The van der Waals surface area contributed by atoms with Crippen molar-refractivity contribution < 1.29 is 19.7 Å². The van der Waals surface area contributed by atoms with E-state index < -0.39 is 5.60 Å². The van der Waals surface area contributed by atoms with Gasteiger partial charge in [-0.15, -0.1) is 0 Å². The first-order chi connectivity index (χ1) is 8.66. The van der Waals surface area contributed by atoms with Crippen LogP contribution in [0.1, 0.15) is 11.1 Å². The van der Waals surface area contributed by atoms with Gasteiger partial charge in [0.2, 0.25) is 0 Å². The van der Waals surface area contributed by atoms with Crippen LogP contribution in [0.25, 0.3) is 0 Å². The average Bonchev–Trinajstić information content (AvgIpc) is 2.39. The lowest BCUT2D eigenvalue weighted by Crippen LogP contribution is -2.32. The molecule has 4 heteroatoms. The van der Waals surface area contributed by atoms with Crippen molar-refractivity contribution in [3.05, 3.63) is 53.6 Å². The fourth-order valence-corrected chi connectivity index (χ4v) is 2.23. The van der Waals surface area contributed by atoms with E-state index in [4.69, 9.17) is 4.74 Å². The minimum absolute atomic E-state index is 0.0821. The number of fused-ring (bicyclic) bond motifs is 2. The molecule has 1 aliphatic heterocycles. The maximum atomic E-state index is 11.3. The highest BCUT2D eigenvalue weighted by molar-refractivity contribution is 5.79. The van der Waals surface area contributed by atoms with E-state index in [-0.39, 0.29) is 17.1 Å². The smallest absolute Gasteiger partial charge is 0.181 e. The Bertz CT molecular complexity index is 635. The first kappa shape index (κ1) is 10.8. The molecule has 2 N–H and O–H groups in total. The molecule has 2 aromatic carbocycles. The molecule has 90 valence electrons. The summed E-state index contributed by atoms with van der Waals surface area (Å²) in [5, 5.41) is 20.4. The molecule has 4 nitrogen and oxygen atoms in total. The van der Waals surface area contributed by atoms with Crippen LogP contribution < -0.4 is 4.74 Å².